The van der Waals surface area contributed by atoms with E-state index in [9.17, 15) is 13.6 Å². The summed E-state index contributed by atoms with van der Waals surface area (Å²) in [6.07, 6.45) is 2.80. The van der Waals surface area contributed by atoms with Gasteiger partial charge in [0.15, 0.2) is 5.78 Å². The smallest absolute Gasteiger partial charge is 0.188 e. The quantitative estimate of drug-likeness (QED) is 0.590. The summed E-state index contributed by atoms with van der Waals surface area (Å²) in [4.78, 5) is 12.6. The Morgan fingerprint density at radius 1 is 1.28 bits per heavy atom. The van der Waals surface area contributed by atoms with Crippen LogP contribution in [0, 0.1) is 11.6 Å². The Morgan fingerprint density at radius 3 is 2.72 bits per heavy atom. The number of ketones is 1. The lowest BCUT2D eigenvalue weighted by molar-refractivity contribution is 0.104. The zero-order valence-electron chi connectivity index (χ0n) is 8.99. The Balaban J connectivity index is 2.22. The first-order valence-corrected chi connectivity index (χ1v) is 6.65. The number of carbonyl (C=O) groups excluding carboxylic acids is 1. The van der Waals surface area contributed by atoms with Crippen LogP contribution in [0.3, 0.4) is 0 Å². The number of allylic oxidation sites excluding steroid dienone is 1. The van der Waals surface area contributed by atoms with Crippen molar-refractivity contribution in [1.29, 1.82) is 0 Å². The van der Waals surface area contributed by atoms with Crippen molar-refractivity contribution in [3.63, 3.8) is 0 Å². The highest BCUT2D eigenvalue weighted by Gasteiger charge is 2.10. The summed E-state index contributed by atoms with van der Waals surface area (Å²) in [6, 6.07) is 4.65. The van der Waals surface area contributed by atoms with E-state index in [4.69, 9.17) is 0 Å². The summed E-state index contributed by atoms with van der Waals surface area (Å²) in [5.41, 5.74) is -0.262. The molecule has 0 radical (unpaired) electrons. The van der Waals surface area contributed by atoms with Crippen molar-refractivity contribution in [2.24, 2.45) is 0 Å². The summed E-state index contributed by atoms with van der Waals surface area (Å²) < 4.78 is 27.2. The number of benzene rings is 1. The second kappa shape index (κ2) is 5.54. The standard InChI is InChI=1S/C13H7BrF2OS/c14-8-5-10(18-7-8)2-4-13(17)11-6-9(15)1-3-12(11)16/h1-7H/b4-2+. The van der Waals surface area contributed by atoms with Crippen molar-refractivity contribution in [3.8, 4) is 0 Å². The lowest BCUT2D eigenvalue weighted by Gasteiger charge is -1.98. The van der Waals surface area contributed by atoms with Gasteiger partial charge in [0.2, 0.25) is 0 Å². The van der Waals surface area contributed by atoms with E-state index in [1.807, 2.05) is 11.4 Å². The monoisotopic (exact) mass is 328 g/mol. The van der Waals surface area contributed by atoms with Gasteiger partial charge in [0.1, 0.15) is 11.6 Å². The molecule has 0 saturated carbocycles. The van der Waals surface area contributed by atoms with Gasteiger partial charge in [0.05, 0.1) is 5.56 Å². The fourth-order valence-electron chi connectivity index (χ4n) is 1.35. The highest BCUT2D eigenvalue weighted by atomic mass is 79.9. The van der Waals surface area contributed by atoms with Gasteiger partial charge in [-0.2, -0.15) is 0 Å². The van der Waals surface area contributed by atoms with E-state index in [0.717, 1.165) is 27.5 Å². The molecule has 2 rings (SSSR count). The summed E-state index contributed by atoms with van der Waals surface area (Å²) in [5.74, 6) is -1.91. The minimum absolute atomic E-state index is 0.262. The van der Waals surface area contributed by atoms with Crippen molar-refractivity contribution >= 4 is 39.1 Å². The molecule has 92 valence electrons. The summed E-state index contributed by atoms with van der Waals surface area (Å²) in [6.45, 7) is 0. The normalized spacial score (nSPS) is 11.1. The Hall–Kier alpha value is -1.33. The molecule has 0 spiro atoms. The Bertz CT molecular complexity index is 619. The molecule has 1 aromatic heterocycles. The van der Waals surface area contributed by atoms with Gasteiger partial charge in [0, 0.05) is 14.7 Å². The minimum Gasteiger partial charge on any atom is -0.289 e. The molecule has 1 nitrogen and oxygen atoms in total. The molecular formula is C13H7BrF2OS. The number of carbonyl (C=O) groups is 1. The molecule has 0 N–H and O–H groups in total. The Morgan fingerprint density at radius 2 is 2.06 bits per heavy atom. The second-order valence-corrected chi connectivity index (χ2v) is 5.35. The van der Waals surface area contributed by atoms with Crippen LogP contribution in [-0.4, -0.2) is 5.78 Å². The predicted octanol–water partition coefficient (Wildman–Crippen LogP) is 4.68. The third-order valence-corrected chi connectivity index (χ3v) is 3.84. The fraction of sp³-hybridized carbons (Fsp3) is 0. The third-order valence-electron chi connectivity index (χ3n) is 2.18. The molecule has 1 heterocycles. The van der Waals surface area contributed by atoms with E-state index >= 15 is 0 Å². The highest BCUT2D eigenvalue weighted by molar-refractivity contribution is 9.10. The molecule has 18 heavy (non-hydrogen) atoms. The predicted molar refractivity (Wildman–Crippen MR) is 71.7 cm³/mol. The first-order valence-electron chi connectivity index (χ1n) is 4.98. The molecule has 0 fully saturated rings. The summed E-state index contributed by atoms with van der Waals surface area (Å²) >= 11 is 4.73. The van der Waals surface area contributed by atoms with Crippen LogP contribution >= 0.6 is 27.3 Å². The fourth-order valence-corrected chi connectivity index (χ4v) is 2.69. The van der Waals surface area contributed by atoms with Crippen LogP contribution in [0.5, 0.6) is 0 Å². The number of rotatable bonds is 3. The molecule has 0 saturated heterocycles. The Kier molecular flexibility index (Phi) is 4.04. The van der Waals surface area contributed by atoms with Gasteiger partial charge in [0.25, 0.3) is 0 Å². The zero-order valence-corrected chi connectivity index (χ0v) is 11.4. The lowest BCUT2D eigenvalue weighted by Crippen LogP contribution is -1.99. The van der Waals surface area contributed by atoms with Gasteiger partial charge >= 0.3 is 0 Å². The van der Waals surface area contributed by atoms with Crippen LogP contribution in [0.2, 0.25) is 0 Å². The average Bonchev–Trinajstić information content (AvgIpc) is 2.75. The Labute approximate surface area is 115 Å². The highest BCUT2D eigenvalue weighted by Crippen LogP contribution is 2.21. The van der Waals surface area contributed by atoms with E-state index in [1.165, 1.54) is 17.4 Å². The zero-order chi connectivity index (χ0) is 13.1. The van der Waals surface area contributed by atoms with E-state index in [0.29, 0.717) is 0 Å². The van der Waals surface area contributed by atoms with Gasteiger partial charge in [-0.25, -0.2) is 8.78 Å². The minimum atomic E-state index is -0.724. The maximum Gasteiger partial charge on any atom is 0.188 e. The molecule has 0 amide bonds. The molecule has 2 aromatic rings. The van der Waals surface area contributed by atoms with Gasteiger partial charge < -0.3 is 0 Å². The molecule has 0 bridgehead atoms. The maximum atomic E-state index is 13.3. The van der Waals surface area contributed by atoms with Crippen LogP contribution in [-0.2, 0) is 0 Å². The number of hydrogen-bond acceptors (Lipinski definition) is 2. The van der Waals surface area contributed by atoms with Gasteiger partial charge in [-0.05, 0) is 52.3 Å². The topological polar surface area (TPSA) is 17.1 Å². The van der Waals surface area contributed by atoms with E-state index in [-0.39, 0.29) is 5.56 Å². The van der Waals surface area contributed by atoms with Crippen LogP contribution < -0.4 is 0 Å². The molecule has 0 aliphatic rings. The van der Waals surface area contributed by atoms with Crippen molar-refractivity contribution < 1.29 is 13.6 Å². The summed E-state index contributed by atoms with van der Waals surface area (Å²) in [5, 5.41) is 1.87. The van der Waals surface area contributed by atoms with Crippen LogP contribution in [0.25, 0.3) is 6.08 Å². The lowest BCUT2D eigenvalue weighted by atomic mass is 10.1. The van der Waals surface area contributed by atoms with Gasteiger partial charge in [-0.15, -0.1) is 11.3 Å². The SMILES string of the molecule is O=C(/C=C/c1cc(Br)cs1)c1cc(F)ccc1F. The molecular weight excluding hydrogens is 322 g/mol. The largest absolute Gasteiger partial charge is 0.289 e. The molecule has 0 unspecified atom stereocenters. The third kappa shape index (κ3) is 3.11. The van der Waals surface area contributed by atoms with Gasteiger partial charge in [-0.3, -0.25) is 4.79 Å². The maximum absolute atomic E-state index is 13.3. The first kappa shape index (κ1) is 13.1. The molecule has 0 aliphatic carbocycles. The summed E-state index contributed by atoms with van der Waals surface area (Å²) in [7, 11) is 0. The van der Waals surface area contributed by atoms with E-state index < -0.39 is 17.4 Å². The van der Waals surface area contributed by atoms with Crippen molar-refractivity contribution in [1.82, 2.24) is 0 Å². The number of halogens is 3. The molecule has 1 aromatic carbocycles. The van der Waals surface area contributed by atoms with Gasteiger partial charge in [-0.1, -0.05) is 0 Å². The van der Waals surface area contributed by atoms with Crippen molar-refractivity contribution in [2.45, 2.75) is 0 Å². The average molecular weight is 329 g/mol. The van der Waals surface area contributed by atoms with Crippen molar-refractivity contribution in [2.75, 3.05) is 0 Å². The molecule has 5 heteroatoms. The van der Waals surface area contributed by atoms with Crippen LogP contribution in [0.1, 0.15) is 15.2 Å². The number of hydrogen-bond donors (Lipinski definition) is 0. The molecule has 0 atom stereocenters. The van der Waals surface area contributed by atoms with Crippen LogP contribution in [0.15, 0.2) is 40.2 Å². The molecule has 0 aliphatic heterocycles. The van der Waals surface area contributed by atoms with Crippen LogP contribution in [0.4, 0.5) is 8.78 Å². The second-order valence-electron chi connectivity index (χ2n) is 3.49. The number of thiophene rings is 1. The first-order chi connectivity index (χ1) is 8.56. The van der Waals surface area contributed by atoms with E-state index in [2.05, 4.69) is 15.9 Å². The van der Waals surface area contributed by atoms with Crippen molar-refractivity contribution in [3.05, 3.63) is 62.3 Å². The van der Waals surface area contributed by atoms with E-state index in [1.54, 1.807) is 6.08 Å².